The van der Waals surface area contributed by atoms with Crippen molar-refractivity contribution in [2.45, 2.75) is 19.1 Å². The number of carbonyl (C=O) groups excluding carboxylic acids is 1. The zero-order chi connectivity index (χ0) is 19.0. The van der Waals surface area contributed by atoms with Crippen LogP contribution in [0.1, 0.15) is 6.92 Å². The topological polar surface area (TPSA) is 100 Å². The molecule has 150 valence electrons. The number of rotatable bonds is 13. The predicted molar refractivity (Wildman–Crippen MR) is 86.3 cm³/mol. The van der Waals surface area contributed by atoms with Crippen LogP contribution in [0.4, 0.5) is 0 Å². The van der Waals surface area contributed by atoms with E-state index in [0.717, 1.165) is 0 Å². The Morgan fingerprint density at radius 2 is 2.15 bits per heavy atom. The summed E-state index contributed by atoms with van der Waals surface area (Å²) in [7, 11) is 2.96. The van der Waals surface area contributed by atoms with Crippen molar-refractivity contribution in [3.8, 4) is 0 Å². The van der Waals surface area contributed by atoms with Gasteiger partial charge in [0.05, 0.1) is 34.0 Å². The van der Waals surface area contributed by atoms with Crippen LogP contribution in [0, 0.1) is 0 Å². The fourth-order valence-corrected chi connectivity index (χ4v) is 1.88. The van der Waals surface area contributed by atoms with Crippen LogP contribution >= 0.6 is 0 Å². The average Bonchev–Trinajstić information content (AvgIpc) is 2.59. The Morgan fingerprint density at radius 3 is 2.88 bits per heavy atom. The highest BCUT2D eigenvalue weighted by Gasteiger charge is 2.30. The van der Waals surface area contributed by atoms with E-state index < -0.39 is 12.2 Å². The highest BCUT2D eigenvalue weighted by atomic mass is 17.2. The standard InChI is InChI=1S/C16H26O10/c1-13(17)10-20-11-15(21-5-8-24-23-7-4-18-2)16-14(19-3)12-26-25-9-6-22-16/h4,7,12,15-16H,5-6,8-11H2,1-3H3/b7-4-,14-12?. The molecular formula is C16H26O10. The van der Waals surface area contributed by atoms with Gasteiger partial charge in [-0.25, -0.2) is 0 Å². The third-order valence-corrected chi connectivity index (χ3v) is 2.95. The summed E-state index contributed by atoms with van der Waals surface area (Å²) in [5.41, 5.74) is 0. The molecule has 0 N–H and O–H groups in total. The summed E-state index contributed by atoms with van der Waals surface area (Å²) in [6.45, 7) is 2.36. The number of methoxy groups -OCH3 is 2. The first-order chi connectivity index (χ1) is 12.7. The van der Waals surface area contributed by atoms with Gasteiger partial charge in [0, 0.05) is 0 Å². The summed E-state index contributed by atoms with van der Waals surface area (Å²) in [5.74, 6) is 0.268. The van der Waals surface area contributed by atoms with E-state index in [0.29, 0.717) is 5.76 Å². The van der Waals surface area contributed by atoms with Gasteiger partial charge in [0.15, 0.2) is 24.1 Å². The zero-order valence-electron chi connectivity index (χ0n) is 15.2. The molecular weight excluding hydrogens is 352 g/mol. The van der Waals surface area contributed by atoms with Crippen LogP contribution in [0.3, 0.4) is 0 Å². The van der Waals surface area contributed by atoms with Gasteiger partial charge in [-0.1, -0.05) is 0 Å². The maximum Gasteiger partial charge on any atom is 0.170 e. The Bertz CT molecular complexity index is 437. The number of hydrogen-bond acceptors (Lipinski definition) is 10. The first-order valence-electron chi connectivity index (χ1n) is 7.97. The van der Waals surface area contributed by atoms with E-state index in [-0.39, 0.29) is 45.4 Å². The van der Waals surface area contributed by atoms with Crippen LogP contribution in [0.25, 0.3) is 0 Å². The van der Waals surface area contributed by atoms with Crippen molar-refractivity contribution in [1.82, 2.24) is 0 Å². The molecule has 0 spiro atoms. The minimum Gasteiger partial charge on any atom is -0.501 e. The molecule has 0 aliphatic carbocycles. The van der Waals surface area contributed by atoms with Gasteiger partial charge >= 0.3 is 0 Å². The second-order valence-electron chi connectivity index (χ2n) is 4.99. The van der Waals surface area contributed by atoms with Crippen molar-refractivity contribution < 1.29 is 48.0 Å². The highest BCUT2D eigenvalue weighted by molar-refractivity contribution is 5.76. The van der Waals surface area contributed by atoms with Gasteiger partial charge in [0.2, 0.25) is 0 Å². The van der Waals surface area contributed by atoms with Gasteiger partial charge < -0.3 is 33.5 Å². The molecule has 0 aromatic carbocycles. The molecule has 2 atom stereocenters. The molecule has 1 aliphatic heterocycles. The second kappa shape index (κ2) is 14.3. The van der Waals surface area contributed by atoms with Crippen molar-refractivity contribution in [2.24, 2.45) is 0 Å². The van der Waals surface area contributed by atoms with E-state index in [9.17, 15) is 4.79 Å². The molecule has 1 rings (SSSR count). The van der Waals surface area contributed by atoms with E-state index in [4.69, 9.17) is 38.5 Å². The normalized spacial score (nSPS) is 19.0. The molecule has 2 unspecified atom stereocenters. The van der Waals surface area contributed by atoms with E-state index in [2.05, 4.69) is 4.74 Å². The van der Waals surface area contributed by atoms with Crippen LogP contribution in [0.5, 0.6) is 0 Å². The molecule has 1 heterocycles. The van der Waals surface area contributed by atoms with Crippen LogP contribution in [-0.2, 0) is 48.0 Å². The third kappa shape index (κ3) is 9.59. The fourth-order valence-electron chi connectivity index (χ4n) is 1.88. The summed E-state index contributed by atoms with van der Waals surface area (Å²) in [6, 6.07) is 0. The number of Topliss-reactive ketones (excluding diaryl/α,β-unsaturated/α-hetero) is 1. The van der Waals surface area contributed by atoms with Gasteiger partial charge in [-0.05, 0) is 6.92 Å². The molecule has 0 aromatic rings. The molecule has 0 saturated carbocycles. The van der Waals surface area contributed by atoms with Crippen LogP contribution in [0.2, 0.25) is 0 Å². The lowest BCUT2D eigenvalue weighted by molar-refractivity contribution is -0.273. The third-order valence-electron chi connectivity index (χ3n) is 2.95. The van der Waals surface area contributed by atoms with Crippen molar-refractivity contribution in [1.29, 1.82) is 0 Å². The van der Waals surface area contributed by atoms with Crippen molar-refractivity contribution in [2.75, 3.05) is 53.9 Å². The lowest BCUT2D eigenvalue weighted by Crippen LogP contribution is -2.40. The summed E-state index contributed by atoms with van der Waals surface area (Å²) in [5, 5.41) is 0. The minimum atomic E-state index is -0.606. The Labute approximate surface area is 152 Å². The van der Waals surface area contributed by atoms with Gasteiger partial charge in [-0.15, -0.1) is 0 Å². The van der Waals surface area contributed by atoms with Gasteiger partial charge in [0.1, 0.15) is 38.3 Å². The molecule has 0 aromatic heterocycles. The van der Waals surface area contributed by atoms with E-state index in [1.807, 2.05) is 0 Å². The number of ether oxygens (including phenoxy) is 5. The molecule has 0 bridgehead atoms. The number of carbonyl (C=O) groups is 1. The number of ketones is 1. The zero-order valence-corrected chi connectivity index (χ0v) is 15.2. The first kappa shape index (κ1) is 22.2. The van der Waals surface area contributed by atoms with Crippen molar-refractivity contribution in [3.63, 3.8) is 0 Å². The quantitative estimate of drug-likeness (QED) is 0.199. The fraction of sp³-hybridized carbons (Fsp3) is 0.688. The maximum absolute atomic E-state index is 11.1. The number of hydrogen-bond donors (Lipinski definition) is 0. The van der Waals surface area contributed by atoms with Gasteiger partial charge in [-0.2, -0.15) is 9.78 Å². The summed E-state index contributed by atoms with van der Waals surface area (Å²) >= 11 is 0. The molecule has 10 heteroatoms. The van der Waals surface area contributed by atoms with Crippen molar-refractivity contribution >= 4 is 5.78 Å². The monoisotopic (exact) mass is 378 g/mol. The Balaban J connectivity index is 2.58. The molecule has 0 radical (unpaired) electrons. The largest absolute Gasteiger partial charge is 0.501 e. The van der Waals surface area contributed by atoms with Crippen LogP contribution < -0.4 is 0 Å². The Morgan fingerprint density at radius 1 is 1.31 bits per heavy atom. The van der Waals surface area contributed by atoms with Gasteiger partial charge in [-0.3, -0.25) is 4.79 Å². The van der Waals surface area contributed by atoms with Crippen molar-refractivity contribution in [3.05, 3.63) is 24.5 Å². The van der Waals surface area contributed by atoms with Gasteiger partial charge in [0.25, 0.3) is 0 Å². The van der Waals surface area contributed by atoms with E-state index >= 15 is 0 Å². The molecule has 0 saturated heterocycles. The van der Waals surface area contributed by atoms with E-state index in [1.165, 1.54) is 39.9 Å². The smallest absolute Gasteiger partial charge is 0.170 e. The molecule has 10 nitrogen and oxygen atoms in total. The summed E-state index contributed by atoms with van der Waals surface area (Å²) in [4.78, 5) is 30.4. The first-order valence-corrected chi connectivity index (χ1v) is 7.97. The van der Waals surface area contributed by atoms with Crippen LogP contribution in [0.15, 0.2) is 24.5 Å². The van der Waals surface area contributed by atoms with Crippen LogP contribution in [-0.4, -0.2) is 71.9 Å². The Hall–Kier alpha value is -1.85. The molecule has 1 aliphatic rings. The summed E-state index contributed by atoms with van der Waals surface area (Å²) < 4.78 is 26.8. The minimum absolute atomic E-state index is 0.0281. The SMILES string of the molecule is CO/C=C\OOCCOC(COCC(C)=O)C1OCCOOC=C1OC. The second-order valence-corrected chi connectivity index (χ2v) is 4.99. The molecule has 26 heavy (non-hydrogen) atoms. The molecule has 0 amide bonds. The predicted octanol–water partition coefficient (Wildman–Crippen LogP) is 0.878. The highest BCUT2D eigenvalue weighted by Crippen LogP contribution is 2.18. The Kier molecular flexibility index (Phi) is 12.2. The molecule has 0 fully saturated rings. The summed E-state index contributed by atoms with van der Waals surface area (Å²) in [6.07, 6.45) is 2.68. The lowest BCUT2D eigenvalue weighted by Gasteiger charge is -2.29. The maximum atomic E-state index is 11.1. The van der Waals surface area contributed by atoms with E-state index in [1.54, 1.807) is 0 Å². The lowest BCUT2D eigenvalue weighted by atomic mass is 10.1. The average molecular weight is 378 g/mol.